The van der Waals surface area contributed by atoms with E-state index in [1.807, 2.05) is 0 Å². The number of hydrogen-bond acceptors (Lipinski definition) is 1. The first-order valence-corrected chi connectivity index (χ1v) is 4.61. The van der Waals surface area contributed by atoms with Gasteiger partial charge >= 0.3 is 0 Å². The summed E-state index contributed by atoms with van der Waals surface area (Å²) < 4.78 is 4.33. The fourth-order valence-corrected chi connectivity index (χ4v) is 1.19. The molecular weight excluding hydrogens is 230 g/mol. The normalized spacial score (nSPS) is 9.69. The molecule has 0 saturated carbocycles. The third kappa shape index (κ3) is 4.43. The second kappa shape index (κ2) is 7.09. The second-order valence-electron chi connectivity index (χ2n) is 3.03. The lowest BCUT2D eigenvalue weighted by Crippen LogP contribution is -3.00. The Kier molecular flexibility index (Phi) is 6.90. The number of nitrogens with zero attached hydrogens (tertiary/aromatic N) is 2. The van der Waals surface area contributed by atoms with Gasteiger partial charge in [-0.05, 0) is 6.42 Å². The predicted molar refractivity (Wildman–Crippen MR) is 48.6 cm³/mol. The third-order valence-electron chi connectivity index (χ3n) is 1.90. The molecular formula is C9H18BrN3. The first kappa shape index (κ1) is 12.7. The van der Waals surface area contributed by atoms with Crippen molar-refractivity contribution in [2.45, 2.75) is 32.9 Å². The molecule has 0 aromatic carbocycles. The van der Waals surface area contributed by atoms with E-state index in [0.717, 1.165) is 13.1 Å². The summed E-state index contributed by atoms with van der Waals surface area (Å²) in [5, 5.41) is 0. The highest BCUT2D eigenvalue weighted by atomic mass is 79.9. The maximum absolute atomic E-state index is 5.44. The van der Waals surface area contributed by atoms with E-state index in [1.165, 1.54) is 12.8 Å². The molecule has 0 unspecified atom stereocenters. The number of hydrogen-bond donors (Lipinski definition) is 1. The van der Waals surface area contributed by atoms with Gasteiger partial charge in [-0.15, -0.1) is 0 Å². The summed E-state index contributed by atoms with van der Waals surface area (Å²) in [6, 6.07) is 0. The Morgan fingerprint density at radius 2 is 2.23 bits per heavy atom. The van der Waals surface area contributed by atoms with Crippen molar-refractivity contribution in [1.82, 2.24) is 4.57 Å². The zero-order valence-corrected chi connectivity index (χ0v) is 9.70. The molecule has 0 bridgehead atoms. The van der Waals surface area contributed by atoms with Crippen LogP contribution in [-0.2, 0) is 13.1 Å². The first-order valence-electron chi connectivity index (χ1n) is 4.61. The molecule has 0 amide bonds. The average molecular weight is 248 g/mol. The Morgan fingerprint density at radius 3 is 2.85 bits per heavy atom. The standard InChI is InChI=1S/C9H18N3.BrH/c1-2-3-5-11-7-8-12(9-11)6-4-10;/h7-9H,2-6,10H2,1H3;1H/q+1;/p-1. The number of halogens is 1. The lowest BCUT2D eigenvalue weighted by atomic mass is 10.3. The molecule has 2 N–H and O–H groups in total. The van der Waals surface area contributed by atoms with Crippen LogP contribution in [0.4, 0.5) is 0 Å². The zero-order valence-electron chi connectivity index (χ0n) is 8.12. The van der Waals surface area contributed by atoms with Crippen LogP contribution in [0, 0.1) is 0 Å². The van der Waals surface area contributed by atoms with Crippen molar-refractivity contribution in [2.24, 2.45) is 5.73 Å². The maximum Gasteiger partial charge on any atom is 0.243 e. The van der Waals surface area contributed by atoms with Gasteiger partial charge < -0.3 is 22.7 Å². The summed E-state index contributed by atoms with van der Waals surface area (Å²) in [6.07, 6.45) is 8.78. The van der Waals surface area contributed by atoms with Crippen LogP contribution in [0.1, 0.15) is 19.8 Å². The van der Waals surface area contributed by atoms with Gasteiger partial charge in [0.2, 0.25) is 6.33 Å². The summed E-state index contributed by atoms with van der Waals surface area (Å²) in [7, 11) is 0. The van der Waals surface area contributed by atoms with Gasteiger partial charge in [0.15, 0.2) is 0 Å². The van der Waals surface area contributed by atoms with Crippen molar-refractivity contribution in [1.29, 1.82) is 0 Å². The van der Waals surface area contributed by atoms with Crippen molar-refractivity contribution in [2.75, 3.05) is 6.54 Å². The van der Waals surface area contributed by atoms with Gasteiger partial charge in [0.05, 0.1) is 6.54 Å². The summed E-state index contributed by atoms with van der Waals surface area (Å²) in [4.78, 5) is 0. The van der Waals surface area contributed by atoms with E-state index < -0.39 is 0 Å². The summed E-state index contributed by atoms with van der Waals surface area (Å²) in [6.45, 7) is 4.95. The van der Waals surface area contributed by atoms with Crippen molar-refractivity contribution in [3.05, 3.63) is 18.7 Å². The smallest absolute Gasteiger partial charge is 0.243 e. The monoisotopic (exact) mass is 247 g/mol. The van der Waals surface area contributed by atoms with Crippen molar-refractivity contribution in [3.8, 4) is 0 Å². The Bertz CT molecular complexity index is 222. The minimum atomic E-state index is 0. The third-order valence-corrected chi connectivity index (χ3v) is 1.90. The lowest BCUT2D eigenvalue weighted by Gasteiger charge is -1.92. The van der Waals surface area contributed by atoms with Gasteiger partial charge in [-0.3, -0.25) is 0 Å². The SMILES string of the molecule is CCCC[n+]1ccn(CCN)c1.[Br-]. The number of aromatic nitrogens is 2. The van der Waals surface area contributed by atoms with Crippen LogP contribution >= 0.6 is 0 Å². The quantitative estimate of drug-likeness (QED) is 0.576. The van der Waals surface area contributed by atoms with Crippen molar-refractivity contribution < 1.29 is 21.5 Å². The van der Waals surface area contributed by atoms with E-state index in [2.05, 4.69) is 34.8 Å². The van der Waals surface area contributed by atoms with Crippen LogP contribution in [0.2, 0.25) is 0 Å². The molecule has 1 aromatic rings. The molecule has 0 aliphatic carbocycles. The summed E-state index contributed by atoms with van der Waals surface area (Å²) in [5.41, 5.74) is 5.44. The number of rotatable bonds is 5. The van der Waals surface area contributed by atoms with Gasteiger partial charge in [-0.1, -0.05) is 13.3 Å². The average Bonchev–Trinajstić information content (AvgIpc) is 2.50. The molecule has 3 nitrogen and oxygen atoms in total. The maximum atomic E-state index is 5.44. The lowest BCUT2D eigenvalue weighted by molar-refractivity contribution is -0.696. The fraction of sp³-hybridized carbons (Fsp3) is 0.667. The van der Waals surface area contributed by atoms with E-state index in [4.69, 9.17) is 5.73 Å². The van der Waals surface area contributed by atoms with Crippen molar-refractivity contribution in [3.63, 3.8) is 0 Å². The number of imidazole rings is 1. The molecule has 1 aromatic heterocycles. The van der Waals surface area contributed by atoms with E-state index in [9.17, 15) is 0 Å². The molecule has 0 aliphatic heterocycles. The molecule has 0 spiro atoms. The second-order valence-corrected chi connectivity index (χ2v) is 3.03. The van der Waals surface area contributed by atoms with Gasteiger partial charge in [-0.25, -0.2) is 9.13 Å². The molecule has 4 heteroatoms. The van der Waals surface area contributed by atoms with Crippen LogP contribution in [-0.4, -0.2) is 11.1 Å². The molecule has 0 fully saturated rings. The molecule has 0 atom stereocenters. The minimum Gasteiger partial charge on any atom is -1.00 e. The number of nitrogens with two attached hydrogens (primary N) is 1. The first-order chi connectivity index (χ1) is 5.86. The fourth-order valence-electron chi connectivity index (χ4n) is 1.19. The van der Waals surface area contributed by atoms with Crippen LogP contribution < -0.4 is 27.3 Å². The molecule has 0 radical (unpaired) electrons. The van der Waals surface area contributed by atoms with E-state index in [0.29, 0.717) is 6.54 Å². The zero-order chi connectivity index (χ0) is 8.81. The largest absolute Gasteiger partial charge is 1.00 e. The summed E-state index contributed by atoms with van der Waals surface area (Å²) >= 11 is 0. The van der Waals surface area contributed by atoms with Crippen LogP contribution in [0.5, 0.6) is 0 Å². The van der Waals surface area contributed by atoms with Gasteiger partial charge in [0.1, 0.15) is 18.9 Å². The topological polar surface area (TPSA) is 34.8 Å². The Labute approximate surface area is 90.3 Å². The van der Waals surface area contributed by atoms with Crippen LogP contribution in [0.25, 0.3) is 0 Å². The van der Waals surface area contributed by atoms with Crippen molar-refractivity contribution >= 4 is 0 Å². The Morgan fingerprint density at radius 1 is 1.46 bits per heavy atom. The van der Waals surface area contributed by atoms with E-state index >= 15 is 0 Å². The number of aryl methyl sites for hydroxylation is 1. The highest BCUT2D eigenvalue weighted by Crippen LogP contribution is 1.87. The van der Waals surface area contributed by atoms with E-state index in [1.54, 1.807) is 0 Å². The highest BCUT2D eigenvalue weighted by molar-refractivity contribution is 4.65. The highest BCUT2D eigenvalue weighted by Gasteiger charge is 2.00. The number of unbranched alkanes of at least 4 members (excludes halogenated alkanes) is 1. The van der Waals surface area contributed by atoms with Gasteiger partial charge in [0, 0.05) is 6.54 Å². The van der Waals surface area contributed by atoms with Gasteiger partial charge in [0.25, 0.3) is 0 Å². The van der Waals surface area contributed by atoms with Crippen LogP contribution in [0.15, 0.2) is 18.7 Å². The van der Waals surface area contributed by atoms with Gasteiger partial charge in [-0.2, -0.15) is 0 Å². The van der Waals surface area contributed by atoms with E-state index in [-0.39, 0.29) is 17.0 Å². The summed E-state index contributed by atoms with van der Waals surface area (Å²) in [5.74, 6) is 0. The molecule has 76 valence electrons. The molecule has 0 aliphatic rings. The van der Waals surface area contributed by atoms with Crippen LogP contribution in [0.3, 0.4) is 0 Å². The molecule has 1 rings (SSSR count). The Balaban J connectivity index is 0.00000144. The molecule has 1 heterocycles. The Hall–Kier alpha value is -0.350. The molecule has 0 saturated heterocycles. The predicted octanol–water partition coefficient (Wildman–Crippen LogP) is -2.46. The molecule has 13 heavy (non-hydrogen) atoms. The minimum absolute atomic E-state index is 0.